The van der Waals surface area contributed by atoms with Gasteiger partial charge in [-0.2, -0.15) is 0 Å². The molecule has 0 aliphatic carbocycles. The first-order chi connectivity index (χ1) is 7.13. The first-order valence-electron chi connectivity index (χ1n) is 5.21. The lowest BCUT2D eigenvalue weighted by Crippen LogP contribution is -2.38. The van der Waals surface area contributed by atoms with E-state index in [4.69, 9.17) is 0 Å². The zero-order chi connectivity index (χ0) is 11.3. The van der Waals surface area contributed by atoms with Crippen molar-refractivity contribution in [1.82, 2.24) is 10.6 Å². The van der Waals surface area contributed by atoms with Gasteiger partial charge in [0.15, 0.2) is 0 Å². The molecular formula is C10H18N2O3. The second kappa shape index (κ2) is 5.70. The lowest BCUT2D eigenvalue weighted by Gasteiger charge is -2.13. The molecule has 0 bridgehead atoms. The standard InChI is InChI=1S/C10H18N2O3/c1-7(10(14)15-2)5-11-6-8-3-4-9(13)12-8/h7-8,11H,3-6H2,1-2H3,(H,12,13). The van der Waals surface area contributed by atoms with Gasteiger partial charge in [-0.3, -0.25) is 9.59 Å². The molecule has 1 rings (SSSR count). The highest BCUT2D eigenvalue weighted by atomic mass is 16.5. The number of carbonyl (C=O) groups excluding carboxylic acids is 2. The Morgan fingerprint density at radius 1 is 1.73 bits per heavy atom. The van der Waals surface area contributed by atoms with Crippen molar-refractivity contribution in [3.63, 3.8) is 0 Å². The van der Waals surface area contributed by atoms with E-state index in [9.17, 15) is 9.59 Å². The number of nitrogens with one attached hydrogen (secondary N) is 2. The van der Waals surface area contributed by atoms with E-state index in [2.05, 4.69) is 15.4 Å². The largest absolute Gasteiger partial charge is 0.469 e. The molecule has 1 fully saturated rings. The summed E-state index contributed by atoms with van der Waals surface area (Å²) in [6, 6.07) is 0.211. The number of carbonyl (C=O) groups is 2. The third-order valence-corrected chi connectivity index (χ3v) is 2.53. The highest BCUT2D eigenvalue weighted by molar-refractivity contribution is 5.78. The van der Waals surface area contributed by atoms with Crippen LogP contribution in [-0.2, 0) is 14.3 Å². The third-order valence-electron chi connectivity index (χ3n) is 2.53. The van der Waals surface area contributed by atoms with Crippen LogP contribution in [0.5, 0.6) is 0 Å². The maximum atomic E-state index is 11.1. The van der Waals surface area contributed by atoms with Crippen molar-refractivity contribution >= 4 is 11.9 Å². The summed E-state index contributed by atoms with van der Waals surface area (Å²) in [5, 5.41) is 6.00. The van der Waals surface area contributed by atoms with Gasteiger partial charge in [-0.25, -0.2) is 0 Å². The number of esters is 1. The highest BCUT2D eigenvalue weighted by Gasteiger charge is 2.20. The first kappa shape index (κ1) is 12.0. The minimum atomic E-state index is -0.210. The van der Waals surface area contributed by atoms with Crippen LogP contribution >= 0.6 is 0 Å². The molecule has 2 atom stereocenters. The van der Waals surface area contributed by atoms with Crippen molar-refractivity contribution < 1.29 is 14.3 Å². The summed E-state index contributed by atoms with van der Waals surface area (Å²) in [5.74, 6) is -0.243. The summed E-state index contributed by atoms with van der Waals surface area (Å²) >= 11 is 0. The molecule has 2 unspecified atom stereocenters. The van der Waals surface area contributed by atoms with E-state index in [1.54, 1.807) is 0 Å². The smallest absolute Gasteiger partial charge is 0.309 e. The Balaban J connectivity index is 2.11. The van der Waals surface area contributed by atoms with Crippen molar-refractivity contribution in [2.75, 3.05) is 20.2 Å². The van der Waals surface area contributed by atoms with Crippen molar-refractivity contribution in [2.45, 2.75) is 25.8 Å². The second-order valence-electron chi connectivity index (χ2n) is 3.89. The van der Waals surface area contributed by atoms with Crippen LogP contribution in [0.2, 0.25) is 0 Å². The summed E-state index contributed by atoms with van der Waals surface area (Å²) in [4.78, 5) is 22.0. The Bertz CT molecular complexity index is 243. The van der Waals surface area contributed by atoms with E-state index in [1.807, 2.05) is 6.92 Å². The van der Waals surface area contributed by atoms with Crippen LogP contribution in [0.15, 0.2) is 0 Å². The predicted octanol–water partition coefficient (Wildman–Crippen LogP) is -0.336. The summed E-state index contributed by atoms with van der Waals surface area (Å²) in [6.07, 6.45) is 1.48. The van der Waals surface area contributed by atoms with Gasteiger partial charge in [-0.05, 0) is 6.42 Å². The van der Waals surface area contributed by atoms with E-state index in [1.165, 1.54) is 7.11 Å². The molecule has 0 spiro atoms. The minimum absolute atomic E-state index is 0.114. The number of hydrogen-bond donors (Lipinski definition) is 2. The fourth-order valence-electron chi connectivity index (χ4n) is 1.59. The zero-order valence-corrected chi connectivity index (χ0v) is 9.21. The molecule has 0 aromatic rings. The van der Waals surface area contributed by atoms with Gasteiger partial charge < -0.3 is 15.4 Å². The van der Waals surface area contributed by atoms with Gasteiger partial charge in [0.25, 0.3) is 0 Å². The number of methoxy groups -OCH3 is 1. The molecule has 1 heterocycles. The first-order valence-corrected chi connectivity index (χ1v) is 5.21. The van der Waals surface area contributed by atoms with Crippen molar-refractivity contribution in [1.29, 1.82) is 0 Å². The molecule has 15 heavy (non-hydrogen) atoms. The third kappa shape index (κ3) is 3.87. The van der Waals surface area contributed by atoms with Crippen LogP contribution in [0.25, 0.3) is 0 Å². The molecular weight excluding hydrogens is 196 g/mol. The highest BCUT2D eigenvalue weighted by Crippen LogP contribution is 2.05. The Morgan fingerprint density at radius 3 is 3.00 bits per heavy atom. The Hall–Kier alpha value is -1.10. The van der Waals surface area contributed by atoms with Gasteiger partial charge >= 0.3 is 5.97 Å². The second-order valence-corrected chi connectivity index (χ2v) is 3.89. The molecule has 1 aliphatic rings. The minimum Gasteiger partial charge on any atom is -0.469 e. The van der Waals surface area contributed by atoms with Crippen LogP contribution in [0.4, 0.5) is 0 Å². The van der Waals surface area contributed by atoms with Crippen LogP contribution in [0.3, 0.4) is 0 Å². The summed E-state index contributed by atoms with van der Waals surface area (Å²) in [6.45, 7) is 3.11. The maximum Gasteiger partial charge on any atom is 0.309 e. The quantitative estimate of drug-likeness (QED) is 0.615. The summed E-state index contributed by atoms with van der Waals surface area (Å²) in [7, 11) is 1.38. The SMILES string of the molecule is COC(=O)C(C)CNCC1CCC(=O)N1. The average Bonchev–Trinajstić information content (AvgIpc) is 2.63. The van der Waals surface area contributed by atoms with Crippen LogP contribution in [0.1, 0.15) is 19.8 Å². The monoisotopic (exact) mass is 214 g/mol. The van der Waals surface area contributed by atoms with Gasteiger partial charge in [0.05, 0.1) is 13.0 Å². The van der Waals surface area contributed by atoms with E-state index in [0.717, 1.165) is 6.42 Å². The fraction of sp³-hybridized carbons (Fsp3) is 0.800. The molecule has 86 valence electrons. The van der Waals surface area contributed by atoms with E-state index < -0.39 is 0 Å². The van der Waals surface area contributed by atoms with Crippen molar-refractivity contribution in [2.24, 2.45) is 5.92 Å². The molecule has 1 saturated heterocycles. The van der Waals surface area contributed by atoms with Gasteiger partial charge in [0.2, 0.25) is 5.91 Å². The van der Waals surface area contributed by atoms with Gasteiger partial charge in [0, 0.05) is 25.6 Å². The predicted molar refractivity (Wildman–Crippen MR) is 55.2 cm³/mol. The molecule has 1 aliphatic heterocycles. The van der Waals surface area contributed by atoms with Crippen LogP contribution in [-0.4, -0.2) is 38.1 Å². The van der Waals surface area contributed by atoms with E-state index >= 15 is 0 Å². The van der Waals surface area contributed by atoms with E-state index in [0.29, 0.717) is 19.5 Å². The molecule has 5 nitrogen and oxygen atoms in total. The normalized spacial score (nSPS) is 22.3. The lowest BCUT2D eigenvalue weighted by molar-refractivity contribution is -0.144. The Morgan fingerprint density at radius 2 is 2.47 bits per heavy atom. The maximum absolute atomic E-state index is 11.1. The topological polar surface area (TPSA) is 67.4 Å². The Labute approximate surface area is 89.6 Å². The number of rotatable bonds is 5. The van der Waals surface area contributed by atoms with Crippen molar-refractivity contribution in [3.05, 3.63) is 0 Å². The van der Waals surface area contributed by atoms with Gasteiger partial charge in [-0.15, -0.1) is 0 Å². The molecule has 0 radical (unpaired) electrons. The van der Waals surface area contributed by atoms with Crippen molar-refractivity contribution in [3.8, 4) is 0 Å². The fourth-order valence-corrected chi connectivity index (χ4v) is 1.59. The summed E-state index contributed by atoms with van der Waals surface area (Å²) in [5.41, 5.74) is 0. The molecule has 1 amide bonds. The summed E-state index contributed by atoms with van der Waals surface area (Å²) < 4.78 is 4.60. The average molecular weight is 214 g/mol. The number of ether oxygens (including phenoxy) is 1. The molecule has 5 heteroatoms. The number of hydrogen-bond acceptors (Lipinski definition) is 4. The molecule has 2 N–H and O–H groups in total. The van der Waals surface area contributed by atoms with E-state index in [-0.39, 0.29) is 23.8 Å². The van der Waals surface area contributed by atoms with Gasteiger partial charge in [-0.1, -0.05) is 6.92 Å². The van der Waals surface area contributed by atoms with Crippen LogP contribution in [0, 0.1) is 5.92 Å². The van der Waals surface area contributed by atoms with Gasteiger partial charge in [0.1, 0.15) is 0 Å². The molecule has 0 aromatic carbocycles. The Kier molecular flexibility index (Phi) is 4.55. The zero-order valence-electron chi connectivity index (χ0n) is 9.21. The number of amides is 1. The lowest BCUT2D eigenvalue weighted by atomic mass is 10.1. The van der Waals surface area contributed by atoms with Crippen LogP contribution < -0.4 is 10.6 Å². The molecule has 0 aromatic heterocycles. The molecule has 0 saturated carbocycles.